The molecule has 5 heteroatoms. The van der Waals surface area contributed by atoms with Gasteiger partial charge in [0.2, 0.25) is 5.43 Å². The highest BCUT2D eigenvalue weighted by atomic mass is 16.5. The van der Waals surface area contributed by atoms with Gasteiger partial charge in [0.25, 0.3) is 0 Å². The van der Waals surface area contributed by atoms with Gasteiger partial charge in [0.15, 0.2) is 5.75 Å². The van der Waals surface area contributed by atoms with Crippen molar-refractivity contribution >= 4 is 5.97 Å². The zero-order valence-corrected chi connectivity index (χ0v) is 8.69. The van der Waals surface area contributed by atoms with Crippen LogP contribution in [0.2, 0.25) is 0 Å². The van der Waals surface area contributed by atoms with E-state index in [4.69, 9.17) is 9.84 Å². The summed E-state index contributed by atoms with van der Waals surface area (Å²) in [6, 6.07) is 1.37. The molecule has 0 bridgehead atoms. The van der Waals surface area contributed by atoms with Crippen LogP contribution in [-0.2, 0) is 11.3 Å². The SMILES string of the molecule is COc1c(C)n(CCC(=O)O)ccc1=O. The number of methoxy groups -OCH3 is 1. The highest BCUT2D eigenvalue weighted by Crippen LogP contribution is 2.11. The summed E-state index contributed by atoms with van der Waals surface area (Å²) in [5.74, 6) is -0.602. The van der Waals surface area contributed by atoms with Crippen molar-refractivity contribution in [2.75, 3.05) is 7.11 Å². The second-order valence-corrected chi connectivity index (χ2v) is 3.14. The maximum absolute atomic E-state index is 11.3. The lowest BCUT2D eigenvalue weighted by Crippen LogP contribution is -2.14. The van der Waals surface area contributed by atoms with Crippen molar-refractivity contribution in [3.05, 3.63) is 28.2 Å². The Bertz CT molecular complexity index is 422. The topological polar surface area (TPSA) is 68.5 Å². The Morgan fingerprint density at radius 1 is 1.60 bits per heavy atom. The standard InChI is InChI=1S/C10H13NO4/c1-7-10(15-2)8(12)3-5-11(7)6-4-9(13)14/h3,5H,4,6H2,1-2H3,(H,13,14). The van der Waals surface area contributed by atoms with E-state index in [-0.39, 0.29) is 17.6 Å². The number of nitrogens with zero attached hydrogens (tertiary/aromatic N) is 1. The molecule has 0 aliphatic heterocycles. The molecule has 0 saturated carbocycles. The van der Waals surface area contributed by atoms with E-state index in [1.807, 2.05) is 0 Å². The predicted octanol–water partition coefficient (Wildman–Crippen LogP) is 0.640. The Hall–Kier alpha value is -1.78. The minimum atomic E-state index is -0.868. The summed E-state index contributed by atoms with van der Waals surface area (Å²) in [5, 5.41) is 8.54. The molecule has 15 heavy (non-hydrogen) atoms. The molecule has 1 aromatic rings. The van der Waals surface area contributed by atoms with Crippen molar-refractivity contribution in [1.29, 1.82) is 0 Å². The van der Waals surface area contributed by atoms with Crippen molar-refractivity contribution < 1.29 is 14.6 Å². The molecule has 0 fully saturated rings. The van der Waals surface area contributed by atoms with Gasteiger partial charge in [-0.25, -0.2) is 0 Å². The van der Waals surface area contributed by atoms with Crippen LogP contribution < -0.4 is 10.2 Å². The number of carbonyl (C=O) groups is 1. The first-order chi connectivity index (χ1) is 7.06. The molecule has 0 aromatic carbocycles. The number of pyridine rings is 1. The van der Waals surface area contributed by atoms with E-state index in [9.17, 15) is 9.59 Å². The Labute approximate surface area is 86.9 Å². The Morgan fingerprint density at radius 2 is 2.27 bits per heavy atom. The smallest absolute Gasteiger partial charge is 0.305 e. The Morgan fingerprint density at radius 3 is 2.80 bits per heavy atom. The van der Waals surface area contributed by atoms with E-state index >= 15 is 0 Å². The van der Waals surface area contributed by atoms with Gasteiger partial charge in [0, 0.05) is 18.8 Å². The van der Waals surface area contributed by atoms with Crippen LogP contribution in [0.3, 0.4) is 0 Å². The summed E-state index contributed by atoms with van der Waals surface area (Å²) in [5.41, 5.74) is 0.452. The minimum absolute atomic E-state index is 0.0207. The number of hydrogen-bond acceptors (Lipinski definition) is 3. The third kappa shape index (κ3) is 2.59. The highest BCUT2D eigenvalue weighted by molar-refractivity contribution is 5.66. The summed E-state index contributed by atoms with van der Waals surface area (Å²) >= 11 is 0. The number of aromatic nitrogens is 1. The average Bonchev–Trinajstić information content (AvgIpc) is 2.17. The van der Waals surface area contributed by atoms with Gasteiger partial charge in [0.1, 0.15) is 0 Å². The predicted molar refractivity (Wildman–Crippen MR) is 54.2 cm³/mol. The summed E-state index contributed by atoms with van der Waals surface area (Å²) < 4.78 is 6.63. The van der Waals surface area contributed by atoms with E-state index in [1.54, 1.807) is 17.7 Å². The van der Waals surface area contributed by atoms with Crippen LogP contribution in [0.4, 0.5) is 0 Å². The molecule has 1 rings (SSSR count). The molecule has 0 atom stereocenters. The first-order valence-corrected chi connectivity index (χ1v) is 4.52. The fraction of sp³-hybridized carbons (Fsp3) is 0.400. The molecular weight excluding hydrogens is 198 g/mol. The number of ether oxygens (including phenoxy) is 1. The van der Waals surface area contributed by atoms with E-state index in [0.717, 1.165) is 0 Å². The summed E-state index contributed by atoms with van der Waals surface area (Å²) in [6.07, 6.45) is 1.59. The van der Waals surface area contributed by atoms with Crippen LogP contribution in [0.25, 0.3) is 0 Å². The zero-order valence-electron chi connectivity index (χ0n) is 8.69. The molecule has 0 aliphatic rings. The van der Waals surface area contributed by atoms with Crippen molar-refractivity contribution in [1.82, 2.24) is 4.57 Å². The average molecular weight is 211 g/mol. The highest BCUT2D eigenvalue weighted by Gasteiger charge is 2.07. The summed E-state index contributed by atoms with van der Waals surface area (Å²) in [6.45, 7) is 2.06. The number of rotatable bonds is 4. The fourth-order valence-electron chi connectivity index (χ4n) is 1.36. The summed E-state index contributed by atoms with van der Waals surface area (Å²) in [7, 11) is 1.42. The van der Waals surface area contributed by atoms with Crippen LogP contribution in [0.5, 0.6) is 5.75 Å². The normalized spacial score (nSPS) is 10.0. The Kier molecular flexibility index (Phi) is 3.49. The molecule has 1 heterocycles. The van der Waals surface area contributed by atoms with Crippen molar-refractivity contribution in [3.63, 3.8) is 0 Å². The molecular formula is C10H13NO4. The van der Waals surface area contributed by atoms with E-state index in [2.05, 4.69) is 0 Å². The number of carboxylic acid groups (broad SMARTS) is 1. The maximum atomic E-state index is 11.3. The molecule has 0 amide bonds. The van der Waals surface area contributed by atoms with Gasteiger partial charge in [-0.15, -0.1) is 0 Å². The second kappa shape index (κ2) is 4.63. The van der Waals surface area contributed by atoms with Gasteiger partial charge >= 0.3 is 5.97 Å². The monoisotopic (exact) mass is 211 g/mol. The van der Waals surface area contributed by atoms with E-state index < -0.39 is 5.97 Å². The van der Waals surface area contributed by atoms with Crippen molar-refractivity contribution in [2.24, 2.45) is 0 Å². The number of aliphatic carboxylic acids is 1. The molecule has 0 unspecified atom stereocenters. The lowest BCUT2D eigenvalue weighted by atomic mass is 10.3. The quantitative estimate of drug-likeness (QED) is 0.793. The number of aryl methyl sites for hydroxylation is 1. The molecule has 1 N–H and O–H groups in total. The number of carboxylic acids is 1. The van der Waals surface area contributed by atoms with Gasteiger partial charge in [-0.2, -0.15) is 0 Å². The first-order valence-electron chi connectivity index (χ1n) is 4.52. The third-order valence-electron chi connectivity index (χ3n) is 2.16. The van der Waals surface area contributed by atoms with E-state index in [0.29, 0.717) is 12.2 Å². The van der Waals surface area contributed by atoms with Gasteiger partial charge < -0.3 is 14.4 Å². The molecule has 0 radical (unpaired) electrons. The lowest BCUT2D eigenvalue weighted by Gasteiger charge is -2.11. The zero-order chi connectivity index (χ0) is 11.4. The van der Waals surface area contributed by atoms with E-state index in [1.165, 1.54) is 13.2 Å². The van der Waals surface area contributed by atoms with Gasteiger partial charge in [-0.1, -0.05) is 0 Å². The third-order valence-corrected chi connectivity index (χ3v) is 2.16. The van der Waals surface area contributed by atoms with Crippen LogP contribution in [0.1, 0.15) is 12.1 Å². The van der Waals surface area contributed by atoms with Crippen LogP contribution >= 0.6 is 0 Å². The largest absolute Gasteiger partial charge is 0.491 e. The van der Waals surface area contributed by atoms with Crippen molar-refractivity contribution in [2.45, 2.75) is 19.9 Å². The minimum Gasteiger partial charge on any atom is -0.491 e. The van der Waals surface area contributed by atoms with Crippen LogP contribution in [-0.4, -0.2) is 22.8 Å². The number of hydrogen-bond donors (Lipinski definition) is 1. The molecule has 0 aliphatic carbocycles. The first kappa shape index (κ1) is 11.3. The van der Waals surface area contributed by atoms with Gasteiger partial charge in [-0.05, 0) is 6.92 Å². The van der Waals surface area contributed by atoms with Crippen molar-refractivity contribution in [3.8, 4) is 5.75 Å². The van der Waals surface area contributed by atoms with Gasteiger partial charge in [-0.3, -0.25) is 9.59 Å². The lowest BCUT2D eigenvalue weighted by molar-refractivity contribution is -0.137. The van der Waals surface area contributed by atoms with Gasteiger partial charge in [0.05, 0.1) is 19.2 Å². The van der Waals surface area contributed by atoms with Crippen LogP contribution in [0, 0.1) is 6.92 Å². The molecule has 82 valence electrons. The summed E-state index contributed by atoms with van der Waals surface area (Å²) in [4.78, 5) is 21.7. The molecule has 0 spiro atoms. The second-order valence-electron chi connectivity index (χ2n) is 3.14. The maximum Gasteiger partial charge on any atom is 0.305 e. The van der Waals surface area contributed by atoms with Crippen LogP contribution in [0.15, 0.2) is 17.1 Å². The molecule has 1 aromatic heterocycles. The fourth-order valence-corrected chi connectivity index (χ4v) is 1.36. The molecule has 0 saturated heterocycles. The molecule has 5 nitrogen and oxygen atoms in total. The Balaban J connectivity index is 3.00.